The van der Waals surface area contributed by atoms with Crippen molar-refractivity contribution in [2.24, 2.45) is 0 Å². The summed E-state index contributed by atoms with van der Waals surface area (Å²) in [6.07, 6.45) is 0. The molecule has 2 aromatic carbocycles. The van der Waals surface area contributed by atoms with Crippen LogP contribution in [0.5, 0.6) is 5.75 Å². The van der Waals surface area contributed by atoms with Gasteiger partial charge in [0.05, 0.1) is 6.54 Å². The molecule has 2 rings (SSSR count). The van der Waals surface area contributed by atoms with Crippen LogP contribution in [0.2, 0.25) is 5.02 Å². The molecule has 0 radical (unpaired) electrons. The van der Waals surface area contributed by atoms with Crippen LogP contribution >= 0.6 is 11.6 Å². The Bertz CT molecular complexity index is 616. The van der Waals surface area contributed by atoms with Crippen LogP contribution in [0.3, 0.4) is 0 Å². The molecule has 0 unspecified atom stereocenters. The fourth-order valence-corrected chi connectivity index (χ4v) is 1.90. The van der Waals surface area contributed by atoms with Crippen molar-refractivity contribution in [3.05, 3.63) is 64.9 Å². The second kappa shape index (κ2) is 7.09. The molecule has 0 aliphatic rings. The maximum Gasteiger partial charge on any atom is 0.253 e. The van der Waals surface area contributed by atoms with Gasteiger partial charge in [-0.2, -0.15) is 0 Å². The quantitative estimate of drug-likeness (QED) is 0.844. The zero-order valence-electron chi connectivity index (χ0n) is 11.6. The standard InChI is InChI=1S/C16H15ClFNO2/c1-19(16(20)12-3-2-4-14(18)11-12)9-10-21-15-7-5-13(17)6-8-15/h2-8,11H,9-10H2,1H3. The molecule has 0 aliphatic carbocycles. The number of rotatable bonds is 5. The maximum atomic E-state index is 13.1. The number of amides is 1. The first-order valence-corrected chi connectivity index (χ1v) is 6.83. The highest BCUT2D eigenvalue weighted by molar-refractivity contribution is 6.30. The number of hydrogen-bond donors (Lipinski definition) is 0. The topological polar surface area (TPSA) is 29.5 Å². The molecule has 0 atom stereocenters. The molecule has 5 heteroatoms. The van der Waals surface area contributed by atoms with Crippen molar-refractivity contribution in [1.82, 2.24) is 4.90 Å². The van der Waals surface area contributed by atoms with Crippen LogP contribution in [0.15, 0.2) is 48.5 Å². The molecule has 2 aromatic rings. The van der Waals surface area contributed by atoms with Crippen molar-refractivity contribution in [1.29, 1.82) is 0 Å². The number of carbonyl (C=O) groups is 1. The number of ether oxygens (including phenoxy) is 1. The highest BCUT2D eigenvalue weighted by Gasteiger charge is 2.12. The average molecular weight is 308 g/mol. The van der Waals surface area contributed by atoms with Crippen molar-refractivity contribution < 1.29 is 13.9 Å². The summed E-state index contributed by atoms with van der Waals surface area (Å²) in [4.78, 5) is 13.6. The Morgan fingerprint density at radius 3 is 2.62 bits per heavy atom. The lowest BCUT2D eigenvalue weighted by Crippen LogP contribution is -2.30. The Hall–Kier alpha value is -2.07. The monoisotopic (exact) mass is 307 g/mol. The molecule has 0 aromatic heterocycles. The fraction of sp³-hybridized carbons (Fsp3) is 0.188. The summed E-state index contributed by atoms with van der Waals surface area (Å²) in [6, 6.07) is 12.6. The number of nitrogens with zero attached hydrogens (tertiary/aromatic N) is 1. The Balaban J connectivity index is 1.85. The van der Waals surface area contributed by atoms with Crippen LogP contribution in [-0.2, 0) is 0 Å². The van der Waals surface area contributed by atoms with Crippen LogP contribution in [0, 0.1) is 5.82 Å². The number of halogens is 2. The van der Waals surface area contributed by atoms with Crippen LogP contribution in [0.25, 0.3) is 0 Å². The van der Waals surface area contributed by atoms with Gasteiger partial charge in [-0.1, -0.05) is 17.7 Å². The molecule has 0 spiro atoms. The molecule has 3 nitrogen and oxygen atoms in total. The molecular formula is C16H15ClFNO2. The van der Waals surface area contributed by atoms with Gasteiger partial charge in [-0.05, 0) is 42.5 Å². The minimum Gasteiger partial charge on any atom is -0.492 e. The normalized spacial score (nSPS) is 10.2. The van der Waals surface area contributed by atoms with Gasteiger partial charge in [-0.15, -0.1) is 0 Å². The van der Waals surface area contributed by atoms with E-state index in [1.54, 1.807) is 37.4 Å². The Labute approximate surface area is 127 Å². The lowest BCUT2D eigenvalue weighted by Gasteiger charge is -2.17. The first kappa shape index (κ1) is 15.3. The number of hydrogen-bond acceptors (Lipinski definition) is 2. The van der Waals surface area contributed by atoms with Crippen molar-refractivity contribution >= 4 is 17.5 Å². The maximum absolute atomic E-state index is 13.1. The predicted molar refractivity (Wildman–Crippen MR) is 80.3 cm³/mol. The van der Waals surface area contributed by atoms with Gasteiger partial charge < -0.3 is 9.64 Å². The van der Waals surface area contributed by atoms with Crippen molar-refractivity contribution in [2.75, 3.05) is 20.2 Å². The smallest absolute Gasteiger partial charge is 0.253 e. The lowest BCUT2D eigenvalue weighted by atomic mass is 10.2. The van der Waals surface area contributed by atoms with E-state index in [1.807, 2.05) is 0 Å². The van der Waals surface area contributed by atoms with Gasteiger partial charge in [0.15, 0.2) is 0 Å². The van der Waals surface area contributed by atoms with Crippen molar-refractivity contribution in [2.45, 2.75) is 0 Å². The van der Waals surface area contributed by atoms with E-state index in [0.29, 0.717) is 29.5 Å². The zero-order chi connectivity index (χ0) is 15.2. The molecule has 0 saturated heterocycles. The molecule has 0 N–H and O–H groups in total. The third-order valence-corrected chi connectivity index (χ3v) is 3.18. The minimum absolute atomic E-state index is 0.241. The van der Waals surface area contributed by atoms with Crippen LogP contribution in [0.4, 0.5) is 4.39 Å². The van der Waals surface area contributed by atoms with Gasteiger partial charge in [-0.25, -0.2) is 4.39 Å². The Kier molecular flexibility index (Phi) is 5.17. The van der Waals surface area contributed by atoms with E-state index in [4.69, 9.17) is 16.3 Å². The molecule has 0 heterocycles. The number of likely N-dealkylation sites (N-methyl/N-ethyl adjacent to an activating group) is 1. The van der Waals surface area contributed by atoms with Gasteiger partial charge in [0.25, 0.3) is 5.91 Å². The van der Waals surface area contributed by atoms with E-state index >= 15 is 0 Å². The summed E-state index contributed by atoms with van der Waals surface area (Å²) in [5.41, 5.74) is 0.323. The van der Waals surface area contributed by atoms with E-state index in [9.17, 15) is 9.18 Å². The predicted octanol–water partition coefficient (Wildman–Crippen LogP) is 3.63. The molecule has 0 aliphatic heterocycles. The Morgan fingerprint density at radius 1 is 1.24 bits per heavy atom. The minimum atomic E-state index is -0.424. The summed E-state index contributed by atoms with van der Waals surface area (Å²) in [6.45, 7) is 0.747. The molecule has 1 amide bonds. The van der Waals surface area contributed by atoms with Crippen molar-refractivity contribution in [3.63, 3.8) is 0 Å². The van der Waals surface area contributed by atoms with Gasteiger partial charge in [0.1, 0.15) is 18.2 Å². The molecule has 0 fully saturated rings. The first-order chi connectivity index (χ1) is 10.1. The fourth-order valence-electron chi connectivity index (χ4n) is 1.77. The van der Waals surface area contributed by atoms with Gasteiger partial charge in [0.2, 0.25) is 0 Å². The Morgan fingerprint density at radius 2 is 1.95 bits per heavy atom. The van der Waals surface area contributed by atoms with Crippen molar-refractivity contribution in [3.8, 4) is 5.75 Å². The summed E-state index contributed by atoms with van der Waals surface area (Å²) in [5.74, 6) is 0.0203. The molecule has 0 bridgehead atoms. The summed E-state index contributed by atoms with van der Waals surface area (Å²) in [5, 5.41) is 0.640. The van der Waals surface area contributed by atoms with Crippen LogP contribution < -0.4 is 4.74 Å². The number of carbonyl (C=O) groups excluding carboxylic acids is 1. The summed E-state index contributed by atoms with van der Waals surface area (Å²) < 4.78 is 18.6. The van der Waals surface area contributed by atoms with E-state index < -0.39 is 5.82 Å². The molecular weight excluding hydrogens is 293 g/mol. The second-order valence-corrected chi connectivity index (χ2v) is 4.98. The van der Waals surface area contributed by atoms with E-state index in [0.717, 1.165) is 0 Å². The molecule has 110 valence electrons. The van der Waals surface area contributed by atoms with Gasteiger partial charge >= 0.3 is 0 Å². The first-order valence-electron chi connectivity index (χ1n) is 6.45. The average Bonchev–Trinajstić information content (AvgIpc) is 2.48. The van der Waals surface area contributed by atoms with E-state index in [2.05, 4.69) is 0 Å². The highest BCUT2D eigenvalue weighted by atomic mass is 35.5. The van der Waals surface area contributed by atoms with E-state index in [1.165, 1.54) is 23.1 Å². The molecule has 21 heavy (non-hydrogen) atoms. The van der Waals surface area contributed by atoms with Gasteiger partial charge in [-0.3, -0.25) is 4.79 Å². The summed E-state index contributed by atoms with van der Waals surface area (Å²) >= 11 is 5.78. The summed E-state index contributed by atoms with van der Waals surface area (Å²) in [7, 11) is 1.65. The second-order valence-electron chi connectivity index (χ2n) is 4.54. The third-order valence-electron chi connectivity index (χ3n) is 2.93. The van der Waals surface area contributed by atoms with Crippen LogP contribution in [0.1, 0.15) is 10.4 Å². The zero-order valence-corrected chi connectivity index (χ0v) is 12.3. The third kappa shape index (κ3) is 4.46. The largest absolute Gasteiger partial charge is 0.492 e. The van der Waals surface area contributed by atoms with Crippen LogP contribution in [-0.4, -0.2) is 31.0 Å². The van der Waals surface area contributed by atoms with E-state index in [-0.39, 0.29) is 5.91 Å². The van der Waals surface area contributed by atoms with Gasteiger partial charge in [0, 0.05) is 17.6 Å². The lowest BCUT2D eigenvalue weighted by molar-refractivity contribution is 0.0773. The highest BCUT2D eigenvalue weighted by Crippen LogP contribution is 2.15. The number of benzene rings is 2. The SMILES string of the molecule is CN(CCOc1ccc(Cl)cc1)C(=O)c1cccc(F)c1. The molecule has 0 saturated carbocycles.